The molecule has 0 aliphatic carbocycles. The molecule has 2 rings (SSSR count). The minimum absolute atomic E-state index is 0.692. The Bertz CT molecular complexity index is 214. The van der Waals surface area contributed by atoms with Crippen LogP contribution in [0.5, 0.6) is 0 Å². The smallest absolute Gasteiger partial charge is 0.0235 e. The van der Waals surface area contributed by atoms with E-state index in [1.807, 2.05) is 0 Å². The van der Waals surface area contributed by atoms with E-state index in [1.54, 1.807) is 0 Å². The highest BCUT2D eigenvalue weighted by Gasteiger charge is 2.29. The average Bonchev–Trinajstić information content (AvgIpc) is 2.98. The van der Waals surface area contributed by atoms with Crippen molar-refractivity contribution in [2.75, 3.05) is 39.8 Å². The Hall–Kier alpha value is -0.120. The summed E-state index contributed by atoms with van der Waals surface area (Å²) in [6, 6.07) is 1.55. The number of likely N-dealkylation sites (tertiary alicyclic amines) is 2. The summed E-state index contributed by atoms with van der Waals surface area (Å²) < 4.78 is 0. The number of nitrogens with one attached hydrogen (secondary N) is 1. The third kappa shape index (κ3) is 3.67. The van der Waals surface area contributed by atoms with Crippen LogP contribution in [0.15, 0.2) is 0 Å². The van der Waals surface area contributed by atoms with Gasteiger partial charge in [0.2, 0.25) is 0 Å². The van der Waals surface area contributed by atoms with Crippen LogP contribution in [0.25, 0.3) is 0 Å². The summed E-state index contributed by atoms with van der Waals surface area (Å²) in [6.45, 7) is 8.84. The Morgan fingerprint density at radius 2 is 2.00 bits per heavy atom. The highest BCUT2D eigenvalue weighted by Crippen LogP contribution is 2.20. The molecule has 0 amide bonds. The fourth-order valence-electron chi connectivity index (χ4n) is 3.37. The van der Waals surface area contributed by atoms with Crippen molar-refractivity contribution >= 4 is 0 Å². The number of rotatable bonds is 6. The van der Waals surface area contributed by atoms with Crippen LogP contribution in [0, 0.1) is 0 Å². The van der Waals surface area contributed by atoms with Crippen molar-refractivity contribution in [1.29, 1.82) is 0 Å². The van der Waals surface area contributed by atoms with Gasteiger partial charge in [-0.1, -0.05) is 13.3 Å². The fraction of sp³-hybridized carbons (Fsp3) is 1.00. The lowest BCUT2D eigenvalue weighted by atomic mass is 10.1. The van der Waals surface area contributed by atoms with Gasteiger partial charge in [-0.25, -0.2) is 0 Å². The van der Waals surface area contributed by atoms with E-state index in [0.29, 0.717) is 6.04 Å². The summed E-state index contributed by atoms with van der Waals surface area (Å²) in [5, 5.41) is 3.46. The predicted octanol–water partition coefficient (Wildman–Crippen LogP) is 1.54. The van der Waals surface area contributed by atoms with Crippen molar-refractivity contribution in [1.82, 2.24) is 15.1 Å². The molecule has 17 heavy (non-hydrogen) atoms. The second-order valence-electron chi connectivity index (χ2n) is 5.72. The maximum atomic E-state index is 3.46. The first kappa shape index (κ1) is 13.3. The molecule has 3 heteroatoms. The second-order valence-corrected chi connectivity index (χ2v) is 5.72. The van der Waals surface area contributed by atoms with Crippen LogP contribution in [0.1, 0.15) is 39.0 Å². The summed E-state index contributed by atoms with van der Waals surface area (Å²) in [6.07, 6.45) is 6.83. The van der Waals surface area contributed by atoms with E-state index in [-0.39, 0.29) is 0 Å². The van der Waals surface area contributed by atoms with E-state index >= 15 is 0 Å². The molecule has 0 saturated carbocycles. The molecular weight excluding hydrogens is 210 g/mol. The number of hydrogen-bond donors (Lipinski definition) is 1. The minimum Gasteiger partial charge on any atom is -0.316 e. The molecule has 0 radical (unpaired) electrons. The molecule has 0 aromatic rings. The first-order chi connectivity index (χ1) is 8.33. The van der Waals surface area contributed by atoms with Crippen molar-refractivity contribution in [3.63, 3.8) is 0 Å². The van der Waals surface area contributed by atoms with Crippen LogP contribution < -0.4 is 5.32 Å². The van der Waals surface area contributed by atoms with E-state index < -0.39 is 0 Å². The van der Waals surface area contributed by atoms with Crippen LogP contribution in [0.2, 0.25) is 0 Å². The second kappa shape index (κ2) is 6.72. The first-order valence-electron chi connectivity index (χ1n) is 7.47. The molecule has 2 atom stereocenters. The molecule has 2 heterocycles. The van der Waals surface area contributed by atoms with Gasteiger partial charge in [0.1, 0.15) is 0 Å². The van der Waals surface area contributed by atoms with Crippen molar-refractivity contribution < 1.29 is 0 Å². The molecule has 0 aromatic carbocycles. The largest absolute Gasteiger partial charge is 0.316 e. The Kier molecular flexibility index (Phi) is 5.26. The third-order valence-corrected chi connectivity index (χ3v) is 4.43. The molecule has 0 bridgehead atoms. The van der Waals surface area contributed by atoms with Gasteiger partial charge in [0.25, 0.3) is 0 Å². The van der Waals surface area contributed by atoms with Crippen molar-refractivity contribution in [3.05, 3.63) is 0 Å². The van der Waals surface area contributed by atoms with Gasteiger partial charge in [-0.2, -0.15) is 0 Å². The summed E-state index contributed by atoms with van der Waals surface area (Å²) in [7, 11) is 2.11. The van der Waals surface area contributed by atoms with Gasteiger partial charge in [0.05, 0.1) is 0 Å². The lowest BCUT2D eigenvalue weighted by Crippen LogP contribution is -2.40. The molecule has 2 fully saturated rings. The molecule has 0 aromatic heterocycles. The average molecular weight is 239 g/mol. The van der Waals surface area contributed by atoms with Gasteiger partial charge in [-0.3, -0.25) is 4.90 Å². The first-order valence-corrected chi connectivity index (χ1v) is 7.47. The lowest BCUT2D eigenvalue weighted by molar-refractivity contribution is 0.222. The maximum Gasteiger partial charge on any atom is 0.0235 e. The number of nitrogens with zero attached hydrogens (tertiary/aromatic N) is 2. The minimum atomic E-state index is 0.692. The monoisotopic (exact) mass is 239 g/mol. The topological polar surface area (TPSA) is 18.5 Å². The molecule has 3 nitrogen and oxygen atoms in total. The van der Waals surface area contributed by atoms with Gasteiger partial charge in [-0.15, -0.1) is 0 Å². The summed E-state index contributed by atoms with van der Waals surface area (Å²) >= 11 is 0. The van der Waals surface area contributed by atoms with E-state index in [4.69, 9.17) is 0 Å². The zero-order valence-corrected chi connectivity index (χ0v) is 11.6. The molecule has 100 valence electrons. The number of likely N-dealkylation sites (N-methyl/N-ethyl adjacent to an activating group) is 1. The van der Waals surface area contributed by atoms with Crippen molar-refractivity contribution in [3.8, 4) is 0 Å². The zero-order chi connectivity index (χ0) is 12.1. The zero-order valence-electron chi connectivity index (χ0n) is 11.6. The fourth-order valence-corrected chi connectivity index (χ4v) is 3.37. The highest BCUT2D eigenvalue weighted by atomic mass is 15.3. The molecule has 1 N–H and O–H groups in total. The van der Waals surface area contributed by atoms with Crippen molar-refractivity contribution in [2.24, 2.45) is 0 Å². The molecule has 2 unspecified atom stereocenters. The van der Waals surface area contributed by atoms with Gasteiger partial charge < -0.3 is 10.2 Å². The summed E-state index contributed by atoms with van der Waals surface area (Å²) in [5.41, 5.74) is 0. The van der Waals surface area contributed by atoms with Gasteiger partial charge >= 0.3 is 0 Å². The van der Waals surface area contributed by atoms with Crippen LogP contribution in [-0.4, -0.2) is 61.7 Å². The molecule has 0 spiro atoms. The predicted molar refractivity (Wildman–Crippen MR) is 73.4 cm³/mol. The molecule has 2 aliphatic heterocycles. The van der Waals surface area contributed by atoms with Crippen LogP contribution in [0.4, 0.5) is 0 Å². The third-order valence-electron chi connectivity index (χ3n) is 4.43. The Morgan fingerprint density at radius 3 is 2.65 bits per heavy atom. The normalized spacial score (nSPS) is 28.9. The van der Waals surface area contributed by atoms with Crippen LogP contribution in [0.3, 0.4) is 0 Å². The quantitative estimate of drug-likeness (QED) is 0.758. The summed E-state index contributed by atoms with van der Waals surface area (Å²) in [4.78, 5) is 5.38. The van der Waals surface area contributed by atoms with E-state index in [9.17, 15) is 0 Å². The Morgan fingerprint density at radius 1 is 1.24 bits per heavy atom. The van der Waals surface area contributed by atoms with Gasteiger partial charge in [-0.05, 0) is 52.4 Å². The van der Waals surface area contributed by atoms with Crippen molar-refractivity contribution in [2.45, 2.75) is 51.1 Å². The lowest BCUT2D eigenvalue weighted by Gasteiger charge is -2.26. The highest BCUT2D eigenvalue weighted by molar-refractivity contribution is 4.87. The van der Waals surface area contributed by atoms with Crippen LogP contribution >= 0.6 is 0 Å². The number of hydrogen-bond acceptors (Lipinski definition) is 3. The van der Waals surface area contributed by atoms with Gasteiger partial charge in [0.15, 0.2) is 0 Å². The Balaban J connectivity index is 1.73. The standard InChI is InChI=1S/C14H29N3/c1-3-6-13(15-2)11-16-10-7-14(12-16)17-8-4-5-9-17/h13-15H,3-12H2,1-2H3. The summed E-state index contributed by atoms with van der Waals surface area (Å²) in [5.74, 6) is 0. The van der Waals surface area contributed by atoms with E-state index in [1.165, 1.54) is 64.8 Å². The maximum absolute atomic E-state index is 3.46. The van der Waals surface area contributed by atoms with E-state index in [0.717, 1.165) is 6.04 Å². The van der Waals surface area contributed by atoms with Crippen LogP contribution in [-0.2, 0) is 0 Å². The molecule has 2 saturated heterocycles. The Labute approximate surface area is 107 Å². The SMILES string of the molecule is CCCC(CN1CCC(N2CCCC2)C1)NC. The molecular formula is C14H29N3. The van der Waals surface area contributed by atoms with Gasteiger partial charge in [0, 0.05) is 25.2 Å². The molecule has 2 aliphatic rings. The van der Waals surface area contributed by atoms with E-state index in [2.05, 4.69) is 29.1 Å².